The van der Waals surface area contributed by atoms with E-state index in [4.69, 9.17) is 18.0 Å². The number of hydrogen-bond acceptors (Lipinski definition) is 3. The number of thiocarbonyl (C=S) groups is 1. The Labute approximate surface area is 117 Å². The van der Waals surface area contributed by atoms with Crippen molar-refractivity contribution in [1.82, 2.24) is 0 Å². The molecule has 102 valence electrons. The number of nitrogens with two attached hydrogens (primary N) is 1. The van der Waals surface area contributed by atoms with Crippen LogP contribution in [0.3, 0.4) is 0 Å². The first-order valence-electron chi connectivity index (χ1n) is 5.72. The van der Waals surface area contributed by atoms with E-state index in [1.54, 1.807) is 38.1 Å². The summed E-state index contributed by atoms with van der Waals surface area (Å²) >= 11 is 4.86. The van der Waals surface area contributed by atoms with Gasteiger partial charge in [0.25, 0.3) is 0 Å². The molecule has 0 spiro atoms. The van der Waals surface area contributed by atoms with Crippen LogP contribution < -0.4 is 16.4 Å². The van der Waals surface area contributed by atoms with Crippen LogP contribution in [0.4, 0.5) is 11.4 Å². The first-order chi connectivity index (χ1) is 8.73. The number of carbonyl (C=O) groups is 2. The van der Waals surface area contributed by atoms with E-state index in [9.17, 15) is 9.59 Å². The zero-order valence-corrected chi connectivity index (χ0v) is 11.9. The fourth-order valence-electron chi connectivity index (χ4n) is 1.24. The van der Waals surface area contributed by atoms with Gasteiger partial charge in [-0.2, -0.15) is 0 Å². The molecule has 0 saturated heterocycles. The van der Waals surface area contributed by atoms with Crippen molar-refractivity contribution in [1.29, 1.82) is 0 Å². The van der Waals surface area contributed by atoms with Crippen LogP contribution in [0, 0.1) is 5.41 Å². The van der Waals surface area contributed by atoms with Crippen LogP contribution in [-0.2, 0) is 9.59 Å². The standard InChI is InChI=1S/C13H17N3O2S/c1-8(17)15-9-4-6-10(7-5-9)16-12(18)13(2,3)11(14)19/h4-7H,1-3H3,(H2,14,19)(H,15,17)(H,16,18). The van der Waals surface area contributed by atoms with E-state index >= 15 is 0 Å². The van der Waals surface area contributed by atoms with Crippen molar-refractivity contribution in [2.45, 2.75) is 20.8 Å². The summed E-state index contributed by atoms with van der Waals surface area (Å²) in [4.78, 5) is 23.0. The Bertz CT molecular complexity index is 509. The average Bonchev–Trinajstić information content (AvgIpc) is 2.30. The van der Waals surface area contributed by atoms with Crippen LogP contribution in [0.2, 0.25) is 0 Å². The lowest BCUT2D eigenvalue weighted by molar-refractivity contribution is -0.121. The zero-order valence-electron chi connectivity index (χ0n) is 11.1. The summed E-state index contributed by atoms with van der Waals surface area (Å²) in [7, 11) is 0. The molecule has 1 aromatic carbocycles. The van der Waals surface area contributed by atoms with E-state index < -0.39 is 5.41 Å². The van der Waals surface area contributed by atoms with Gasteiger partial charge in [-0.1, -0.05) is 12.2 Å². The summed E-state index contributed by atoms with van der Waals surface area (Å²) in [6, 6.07) is 6.78. The molecule has 1 rings (SSSR count). The summed E-state index contributed by atoms with van der Waals surface area (Å²) < 4.78 is 0. The maximum absolute atomic E-state index is 12.0. The molecule has 0 atom stereocenters. The number of hydrogen-bond donors (Lipinski definition) is 3. The van der Waals surface area contributed by atoms with Crippen molar-refractivity contribution < 1.29 is 9.59 Å². The van der Waals surface area contributed by atoms with Gasteiger partial charge < -0.3 is 16.4 Å². The van der Waals surface area contributed by atoms with Crippen LogP contribution >= 0.6 is 12.2 Å². The third kappa shape index (κ3) is 4.03. The topological polar surface area (TPSA) is 84.2 Å². The van der Waals surface area contributed by atoms with Crippen LogP contribution in [0.25, 0.3) is 0 Å². The van der Waals surface area contributed by atoms with Gasteiger partial charge in [0.1, 0.15) is 0 Å². The van der Waals surface area contributed by atoms with Crippen LogP contribution in [0.5, 0.6) is 0 Å². The third-order valence-corrected chi connectivity index (χ3v) is 3.16. The van der Waals surface area contributed by atoms with Crippen molar-refractivity contribution in [3.05, 3.63) is 24.3 Å². The first-order valence-corrected chi connectivity index (χ1v) is 6.13. The van der Waals surface area contributed by atoms with E-state index in [0.717, 1.165) is 0 Å². The molecule has 2 amide bonds. The van der Waals surface area contributed by atoms with Crippen molar-refractivity contribution in [2.75, 3.05) is 10.6 Å². The number of amides is 2. The predicted octanol–water partition coefficient (Wildman–Crippen LogP) is 1.90. The van der Waals surface area contributed by atoms with Crippen molar-refractivity contribution in [2.24, 2.45) is 11.1 Å². The zero-order chi connectivity index (χ0) is 14.6. The highest BCUT2D eigenvalue weighted by atomic mass is 32.1. The maximum Gasteiger partial charge on any atom is 0.236 e. The van der Waals surface area contributed by atoms with Crippen molar-refractivity contribution in [3.8, 4) is 0 Å². The van der Waals surface area contributed by atoms with Gasteiger partial charge in [-0.25, -0.2) is 0 Å². The van der Waals surface area contributed by atoms with E-state index in [0.29, 0.717) is 11.4 Å². The summed E-state index contributed by atoms with van der Waals surface area (Å²) in [5, 5.41) is 5.37. The smallest absolute Gasteiger partial charge is 0.236 e. The predicted molar refractivity (Wildman–Crippen MR) is 79.9 cm³/mol. The molecule has 19 heavy (non-hydrogen) atoms. The third-order valence-electron chi connectivity index (χ3n) is 2.65. The number of anilines is 2. The lowest BCUT2D eigenvalue weighted by Gasteiger charge is -2.22. The van der Waals surface area contributed by atoms with Gasteiger partial charge in [-0.15, -0.1) is 0 Å². The summed E-state index contributed by atoms with van der Waals surface area (Å²) in [6.45, 7) is 4.76. The SMILES string of the molecule is CC(=O)Nc1ccc(NC(=O)C(C)(C)C(N)=S)cc1. The molecule has 4 N–H and O–H groups in total. The Morgan fingerprint density at radius 2 is 1.53 bits per heavy atom. The van der Waals surface area contributed by atoms with Crippen LogP contribution in [0.15, 0.2) is 24.3 Å². The Morgan fingerprint density at radius 3 is 1.89 bits per heavy atom. The Hall–Kier alpha value is -1.95. The van der Waals surface area contributed by atoms with E-state index in [1.165, 1.54) is 6.92 Å². The molecule has 0 heterocycles. The van der Waals surface area contributed by atoms with Gasteiger partial charge >= 0.3 is 0 Å². The van der Waals surface area contributed by atoms with Crippen LogP contribution in [-0.4, -0.2) is 16.8 Å². The van der Waals surface area contributed by atoms with Crippen LogP contribution in [0.1, 0.15) is 20.8 Å². The molecule has 0 bridgehead atoms. The van der Waals surface area contributed by atoms with Gasteiger partial charge in [-0.3, -0.25) is 9.59 Å². The number of benzene rings is 1. The highest BCUT2D eigenvalue weighted by molar-refractivity contribution is 7.80. The molecule has 0 fully saturated rings. The molecular weight excluding hydrogens is 262 g/mol. The molecular formula is C13H17N3O2S. The average molecular weight is 279 g/mol. The minimum absolute atomic E-state index is 0.139. The quantitative estimate of drug-likeness (QED) is 0.735. The Balaban J connectivity index is 2.76. The second-order valence-electron chi connectivity index (χ2n) is 4.70. The molecule has 0 unspecified atom stereocenters. The van der Waals surface area contributed by atoms with Gasteiger partial charge in [0.2, 0.25) is 11.8 Å². The highest BCUT2D eigenvalue weighted by Gasteiger charge is 2.30. The lowest BCUT2D eigenvalue weighted by Crippen LogP contribution is -2.41. The van der Waals surface area contributed by atoms with Crippen molar-refractivity contribution in [3.63, 3.8) is 0 Å². The molecule has 0 saturated carbocycles. The number of carbonyl (C=O) groups excluding carboxylic acids is 2. The fraction of sp³-hybridized carbons (Fsp3) is 0.308. The van der Waals surface area contributed by atoms with E-state index in [1.807, 2.05) is 0 Å². The monoisotopic (exact) mass is 279 g/mol. The van der Waals surface area contributed by atoms with E-state index in [2.05, 4.69) is 10.6 Å². The number of nitrogens with one attached hydrogen (secondary N) is 2. The fourth-order valence-corrected chi connectivity index (χ4v) is 1.33. The molecule has 0 aliphatic rings. The van der Waals surface area contributed by atoms with Gasteiger partial charge in [0.15, 0.2) is 0 Å². The van der Waals surface area contributed by atoms with Gasteiger partial charge in [-0.05, 0) is 38.1 Å². The summed E-state index contributed by atoms with van der Waals surface area (Å²) in [6.07, 6.45) is 0. The summed E-state index contributed by atoms with van der Waals surface area (Å²) in [5.74, 6) is -0.418. The molecule has 0 aliphatic heterocycles. The molecule has 5 nitrogen and oxygen atoms in total. The summed E-state index contributed by atoms with van der Waals surface area (Å²) in [5.41, 5.74) is 5.90. The second kappa shape index (κ2) is 5.79. The maximum atomic E-state index is 12.0. The largest absolute Gasteiger partial charge is 0.392 e. The first kappa shape index (κ1) is 15.1. The normalized spacial score (nSPS) is 10.7. The minimum Gasteiger partial charge on any atom is -0.392 e. The molecule has 1 aromatic rings. The second-order valence-corrected chi connectivity index (χ2v) is 5.14. The molecule has 0 radical (unpaired) electrons. The molecule has 0 aliphatic carbocycles. The minimum atomic E-state index is -0.911. The van der Waals surface area contributed by atoms with E-state index in [-0.39, 0.29) is 16.8 Å². The Kier molecular flexibility index (Phi) is 4.61. The van der Waals surface area contributed by atoms with Crippen molar-refractivity contribution >= 4 is 40.4 Å². The lowest BCUT2D eigenvalue weighted by atomic mass is 9.92. The molecule has 6 heteroatoms. The van der Waals surface area contributed by atoms with Gasteiger partial charge in [0.05, 0.1) is 10.4 Å². The van der Waals surface area contributed by atoms with Gasteiger partial charge in [0, 0.05) is 18.3 Å². The highest BCUT2D eigenvalue weighted by Crippen LogP contribution is 2.20. The Morgan fingerprint density at radius 1 is 1.11 bits per heavy atom. The number of rotatable bonds is 4. The molecule has 0 aromatic heterocycles.